The summed E-state index contributed by atoms with van der Waals surface area (Å²) in [6.07, 6.45) is 3.23. The number of nitrogens with one attached hydrogen (secondary N) is 2. The summed E-state index contributed by atoms with van der Waals surface area (Å²) in [6.45, 7) is 1.94. The van der Waals surface area contributed by atoms with E-state index in [9.17, 15) is 19.5 Å². The van der Waals surface area contributed by atoms with Crippen molar-refractivity contribution in [1.82, 2.24) is 15.2 Å². The second kappa shape index (κ2) is 7.79. The van der Waals surface area contributed by atoms with Crippen molar-refractivity contribution in [3.05, 3.63) is 36.0 Å². The summed E-state index contributed by atoms with van der Waals surface area (Å²) >= 11 is 0. The van der Waals surface area contributed by atoms with Gasteiger partial charge in [0.15, 0.2) is 0 Å². The fraction of sp³-hybridized carbons (Fsp3) is 0.421. The van der Waals surface area contributed by atoms with Crippen molar-refractivity contribution in [3.8, 4) is 0 Å². The Morgan fingerprint density at radius 1 is 1.37 bits per heavy atom. The van der Waals surface area contributed by atoms with E-state index in [0.29, 0.717) is 25.8 Å². The first kappa shape index (κ1) is 18.9. The monoisotopic (exact) mass is 372 g/mol. The van der Waals surface area contributed by atoms with Crippen LogP contribution in [-0.2, 0) is 20.8 Å². The molecule has 144 valence electrons. The van der Waals surface area contributed by atoms with E-state index in [-0.39, 0.29) is 0 Å². The van der Waals surface area contributed by atoms with Gasteiger partial charge in [-0.1, -0.05) is 18.2 Å². The van der Waals surface area contributed by atoms with Gasteiger partial charge in [-0.2, -0.15) is 0 Å². The molecule has 1 fully saturated rings. The van der Waals surface area contributed by atoms with Gasteiger partial charge in [-0.25, -0.2) is 4.79 Å². The van der Waals surface area contributed by atoms with E-state index in [1.165, 1.54) is 4.90 Å². The molecule has 8 heteroatoms. The quantitative estimate of drug-likeness (QED) is 0.591. The van der Waals surface area contributed by atoms with Crippen LogP contribution in [0, 0.1) is 0 Å². The number of benzene rings is 1. The van der Waals surface area contributed by atoms with Gasteiger partial charge in [0.05, 0.1) is 6.04 Å². The summed E-state index contributed by atoms with van der Waals surface area (Å²) < 4.78 is 0. The normalized spacial score (nSPS) is 19.0. The third kappa shape index (κ3) is 3.95. The number of para-hydroxylation sites is 1. The molecule has 1 saturated heterocycles. The van der Waals surface area contributed by atoms with Crippen LogP contribution in [0.15, 0.2) is 30.5 Å². The van der Waals surface area contributed by atoms with Gasteiger partial charge in [0.25, 0.3) is 0 Å². The molecule has 3 atom stereocenters. The number of aliphatic carboxylic acids is 1. The number of carboxylic acid groups (broad SMARTS) is 1. The van der Waals surface area contributed by atoms with Gasteiger partial charge in [0, 0.05) is 23.6 Å². The minimum Gasteiger partial charge on any atom is -0.480 e. The van der Waals surface area contributed by atoms with Crippen LogP contribution in [0.1, 0.15) is 25.3 Å². The third-order valence-corrected chi connectivity index (χ3v) is 5.00. The number of H-pyrrole nitrogens is 1. The molecule has 0 radical (unpaired) electrons. The Hall–Kier alpha value is -2.87. The zero-order valence-electron chi connectivity index (χ0n) is 15.1. The molecule has 2 aromatic rings. The summed E-state index contributed by atoms with van der Waals surface area (Å²) in [7, 11) is 0. The van der Waals surface area contributed by atoms with Crippen molar-refractivity contribution in [1.29, 1.82) is 0 Å². The lowest BCUT2D eigenvalue weighted by molar-refractivity contribution is -0.149. The highest BCUT2D eigenvalue weighted by Crippen LogP contribution is 2.20. The Morgan fingerprint density at radius 3 is 2.85 bits per heavy atom. The van der Waals surface area contributed by atoms with E-state index in [2.05, 4.69) is 10.3 Å². The van der Waals surface area contributed by atoms with Crippen LogP contribution in [0.2, 0.25) is 0 Å². The molecule has 0 saturated carbocycles. The average Bonchev–Trinajstić information content (AvgIpc) is 3.28. The molecular weight excluding hydrogens is 348 g/mol. The molecule has 0 unspecified atom stereocenters. The Morgan fingerprint density at radius 2 is 2.11 bits per heavy atom. The number of hydrogen-bond donors (Lipinski definition) is 4. The maximum absolute atomic E-state index is 12.5. The highest BCUT2D eigenvalue weighted by atomic mass is 16.4. The van der Waals surface area contributed by atoms with E-state index >= 15 is 0 Å². The molecule has 1 aromatic heterocycles. The van der Waals surface area contributed by atoms with Crippen molar-refractivity contribution in [2.24, 2.45) is 5.73 Å². The number of carboxylic acids is 1. The number of amides is 2. The van der Waals surface area contributed by atoms with Crippen LogP contribution in [0.4, 0.5) is 0 Å². The molecule has 2 amide bonds. The number of aromatic amines is 1. The van der Waals surface area contributed by atoms with E-state index in [1.807, 2.05) is 30.5 Å². The fourth-order valence-corrected chi connectivity index (χ4v) is 3.55. The maximum Gasteiger partial charge on any atom is 0.326 e. The number of nitrogens with two attached hydrogens (primary N) is 1. The lowest BCUT2D eigenvalue weighted by Crippen LogP contribution is -2.53. The van der Waals surface area contributed by atoms with Crippen LogP contribution in [-0.4, -0.2) is 57.4 Å². The Bertz CT molecular complexity index is 862. The van der Waals surface area contributed by atoms with Crippen LogP contribution in [0.5, 0.6) is 0 Å². The number of nitrogens with zero attached hydrogens (tertiary/aromatic N) is 1. The van der Waals surface area contributed by atoms with Crippen molar-refractivity contribution in [3.63, 3.8) is 0 Å². The first-order valence-electron chi connectivity index (χ1n) is 9.02. The number of fused-ring (bicyclic) bond motifs is 1. The predicted octanol–water partition coefficient (Wildman–Crippen LogP) is 0.618. The van der Waals surface area contributed by atoms with Crippen molar-refractivity contribution in [2.75, 3.05) is 6.54 Å². The van der Waals surface area contributed by atoms with Gasteiger partial charge in [0.2, 0.25) is 11.8 Å². The number of likely N-dealkylation sites (tertiary alicyclic amines) is 1. The highest BCUT2D eigenvalue weighted by molar-refractivity contribution is 5.92. The summed E-state index contributed by atoms with van der Waals surface area (Å²) in [6, 6.07) is 5.28. The number of hydrogen-bond acceptors (Lipinski definition) is 4. The summed E-state index contributed by atoms with van der Waals surface area (Å²) in [5, 5.41) is 12.8. The van der Waals surface area contributed by atoms with Gasteiger partial charge in [0.1, 0.15) is 12.1 Å². The molecular formula is C19H24N4O4. The summed E-state index contributed by atoms with van der Waals surface area (Å²) in [4.78, 5) is 40.6. The molecule has 5 N–H and O–H groups in total. The lowest BCUT2D eigenvalue weighted by atomic mass is 10.0. The molecule has 1 aliphatic heterocycles. The van der Waals surface area contributed by atoms with Gasteiger partial charge in [-0.15, -0.1) is 0 Å². The van der Waals surface area contributed by atoms with E-state index in [1.54, 1.807) is 6.92 Å². The van der Waals surface area contributed by atoms with Gasteiger partial charge in [-0.3, -0.25) is 9.59 Å². The zero-order valence-corrected chi connectivity index (χ0v) is 15.1. The molecule has 2 heterocycles. The van der Waals surface area contributed by atoms with E-state index in [0.717, 1.165) is 16.5 Å². The van der Waals surface area contributed by atoms with E-state index < -0.39 is 35.9 Å². The Kier molecular flexibility index (Phi) is 5.46. The molecule has 1 aromatic carbocycles. The topological polar surface area (TPSA) is 129 Å². The summed E-state index contributed by atoms with van der Waals surface area (Å²) in [5.74, 6) is -1.85. The number of aromatic nitrogens is 1. The standard InChI is InChI=1S/C19H24N4O4/c1-11(18(25)23-8-4-7-16(23)19(26)27)22-17(24)14(20)9-12-10-21-15-6-3-2-5-13(12)15/h2-3,5-6,10-11,14,16,21H,4,7-9,20H2,1H3,(H,22,24)(H,26,27)/t11-,14-,16+/m0/s1. The number of rotatable bonds is 6. The lowest BCUT2D eigenvalue weighted by Gasteiger charge is -2.26. The van der Waals surface area contributed by atoms with Crippen molar-refractivity contribution >= 4 is 28.7 Å². The van der Waals surface area contributed by atoms with Crippen molar-refractivity contribution in [2.45, 2.75) is 44.3 Å². The first-order chi connectivity index (χ1) is 12.9. The average molecular weight is 372 g/mol. The van der Waals surface area contributed by atoms with Gasteiger partial charge in [-0.05, 0) is 37.8 Å². The van der Waals surface area contributed by atoms with Crippen LogP contribution >= 0.6 is 0 Å². The number of carbonyl (C=O) groups excluding carboxylic acids is 2. The largest absolute Gasteiger partial charge is 0.480 e. The molecule has 0 aliphatic carbocycles. The smallest absolute Gasteiger partial charge is 0.326 e. The minimum absolute atomic E-state index is 0.332. The molecule has 0 bridgehead atoms. The first-order valence-corrected chi connectivity index (χ1v) is 9.02. The van der Waals surface area contributed by atoms with Crippen LogP contribution in [0.25, 0.3) is 10.9 Å². The molecule has 3 rings (SSSR count). The van der Waals surface area contributed by atoms with Crippen molar-refractivity contribution < 1.29 is 19.5 Å². The molecule has 27 heavy (non-hydrogen) atoms. The van der Waals surface area contributed by atoms with E-state index in [4.69, 9.17) is 5.73 Å². The zero-order chi connectivity index (χ0) is 19.6. The van der Waals surface area contributed by atoms with Gasteiger partial charge >= 0.3 is 5.97 Å². The minimum atomic E-state index is -1.02. The SMILES string of the molecule is C[C@H](NC(=O)[C@@H](N)Cc1c[nH]c2ccccc12)C(=O)N1CCC[C@@H]1C(=O)O. The molecule has 8 nitrogen and oxygen atoms in total. The van der Waals surface area contributed by atoms with Crippen LogP contribution < -0.4 is 11.1 Å². The second-order valence-corrected chi connectivity index (χ2v) is 6.93. The highest BCUT2D eigenvalue weighted by Gasteiger charge is 2.36. The number of carbonyl (C=O) groups is 3. The van der Waals surface area contributed by atoms with Gasteiger partial charge < -0.3 is 26.0 Å². The Balaban J connectivity index is 1.60. The predicted molar refractivity (Wildman–Crippen MR) is 100.0 cm³/mol. The maximum atomic E-state index is 12.5. The Labute approximate surface area is 156 Å². The third-order valence-electron chi connectivity index (χ3n) is 5.00. The fourth-order valence-electron chi connectivity index (χ4n) is 3.55. The summed E-state index contributed by atoms with van der Waals surface area (Å²) in [5.41, 5.74) is 7.93. The molecule has 0 spiro atoms. The van der Waals surface area contributed by atoms with Crippen LogP contribution in [0.3, 0.4) is 0 Å². The second-order valence-electron chi connectivity index (χ2n) is 6.93. The molecule has 1 aliphatic rings.